The van der Waals surface area contributed by atoms with Crippen molar-refractivity contribution in [3.05, 3.63) is 28.1 Å². The molecule has 2 unspecified atom stereocenters. The van der Waals surface area contributed by atoms with Crippen molar-refractivity contribution < 1.29 is 25.2 Å². The molecule has 0 saturated heterocycles. The van der Waals surface area contributed by atoms with Gasteiger partial charge in [-0.1, -0.05) is 5.11 Å². The lowest BCUT2D eigenvalue weighted by Gasteiger charge is -2.17. The molecule has 1 rings (SSSR count). The number of phenolic OH excluding ortho intramolecular Hbond substituents is 2. The molecule has 0 heterocycles. The van der Waals surface area contributed by atoms with Crippen LogP contribution < -0.4 is 4.74 Å². The number of aromatic hydroxyl groups is 2. The highest BCUT2D eigenvalue weighted by atomic mass is 16.5. The van der Waals surface area contributed by atoms with Crippen LogP contribution in [-0.4, -0.2) is 40.2 Å². The van der Waals surface area contributed by atoms with Crippen LogP contribution >= 0.6 is 0 Å². The zero-order valence-electron chi connectivity index (χ0n) is 9.56. The minimum atomic E-state index is -1.38. The van der Waals surface area contributed by atoms with Crippen molar-refractivity contribution in [3.8, 4) is 17.2 Å². The summed E-state index contributed by atoms with van der Waals surface area (Å²) in [5, 5.41) is 41.2. The van der Waals surface area contributed by atoms with Crippen molar-refractivity contribution in [2.45, 2.75) is 12.2 Å². The molecule has 1 aromatic rings. The van der Waals surface area contributed by atoms with Gasteiger partial charge in [-0.05, 0) is 23.2 Å². The molecular weight excluding hydrogens is 242 g/mol. The van der Waals surface area contributed by atoms with Crippen LogP contribution in [0.1, 0.15) is 11.7 Å². The number of azide groups is 1. The fourth-order valence-corrected chi connectivity index (χ4v) is 1.38. The smallest absolute Gasteiger partial charge is 0.200 e. The average Bonchev–Trinajstić information content (AvgIpc) is 2.38. The Hall–Kier alpha value is -2.15. The van der Waals surface area contributed by atoms with Gasteiger partial charge in [-0.15, -0.1) is 0 Å². The van der Waals surface area contributed by atoms with Gasteiger partial charge in [0.05, 0.1) is 19.8 Å². The lowest BCUT2D eigenvalue weighted by molar-refractivity contribution is 0.0241. The lowest BCUT2D eigenvalue weighted by Crippen LogP contribution is -2.21. The summed E-state index contributed by atoms with van der Waals surface area (Å²) in [7, 11) is 1.28. The summed E-state index contributed by atoms with van der Waals surface area (Å²) in [5.41, 5.74) is 8.23. The van der Waals surface area contributed by atoms with E-state index in [-0.39, 0.29) is 17.9 Å². The molecule has 4 N–H and O–H groups in total. The van der Waals surface area contributed by atoms with Crippen molar-refractivity contribution >= 4 is 0 Å². The maximum atomic E-state index is 9.77. The molecule has 8 heteroatoms. The van der Waals surface area contributed by atoms with Gasteiger partial charge in [0.2, 0.25) is 5.75 Å². The number of nitrogens with zero attached hydrogens (tertiary/aromatic N) is 3. The molecule has 2 atom stereocenters. The third kappa shape index (κ3) is 2.95. The average molecular weight is 255 g/mol. The maximum Gasteiger partial charge on any atom is 0.200 e. The van der Waals surface area contributed by atoms with Gasteiger partial charge >= 0.3 is 0 Å². The van der Waals surface area contributed by atoms with E-state index in [4.69, 9.17) is 10.3 Å². The van der Waals surface area contributed by atoms with Crippen LogP contribution in [0, 0.1) is 0 Å². The van der Waals surface area contributed by atoms with Crippen molar-refractivity contribution in [3.63, 3.8) is 0 Å². The summed E-state index contributed by atoms with van der Waals surface area (Å²) in [5.74, 6) is -0.989. The highest BCUT2D eigenvalue weighted by Crippen LogP contribution is 2.38. The maximum absolute atomic E-state index is 9.77. The molecule has 98 valence electrons. The summed E-state index contributed by atoms with van der Waals surface area (Å²) in [4.78, 5) is 2.46. The molecule has 0 aliphatic heterocycles. The minimum absolute atomic E-state index is 0.0416. The van der Waals surface area contributed by atoms with Crippen LogP contribution in [-0.2, 0) is 0 Å². The molecule has 0 aliphatic rings. The number of rotatable bonds is 5. The Bertz CT molecular complexity index is 473. The van der Waals surface area contributed by atoms with Gasteiger partial charge in [-0.2, -0.15) is 0 Å². The number of hydrogen-bond acceptors (Lipinski definition) is 6. The Morgan fingerprint density at radius 1 is 1.39 bits per heavy atom. The Morgan fingerprint density at radius 3 is 2.61 bits per heavy atom. The van der Waals surface area contributed by atoms with E-state index < -0.39 is 23.7 Å². The molecule has 0 saturated carbocycles. The largest absolute Gasteiger partial charge is 0.504 e. The zero-order chi connectivity index (χ0) is 13.7. The van der Waals surface area contributed by atoms with Crippen molar-refractivity contribution in [2.24, 2.45) is 5.11 Å². The molecule has 8 nitrogen and oxygen atoms in total. The molecule has 1 aromatic carbocycles. The van der Waals surface area contributed by atoms with Gasteiger partial charge in [0.15, 0.2) is 11.5 Å². The van der Waals surface area contributed by atoms with Crippen LogP contribution in [0.5, 0.6) is 17.2 Å². The summed E-state index contributed by atoms with van der Waals surface area (Å²) < 4.78 is 4.79. The number of aliphatic hydroxyl groups is 2. The molecule has 0 radical (unpaired) electrons. The van der Waals surface area contributed by atoms with Crippen molar-refractivity contribution in [2.75, 3.05) is 13.7 Å². The summed E-state index contributed by atoms with van der Waals surface area (Å²) in [6.07, 6.45) is -2.70. The highest BCUT2D eigenvalue weighted by Gasteiger charge is 2.21. The lowest BCUT2D eigenvalue weighted by atomic mass is 10.0. The van der Waals surface area contributed by atoms with Crippen LogP contribution in [0.4, 0.5) is 0 Å². The van der Waals surface area contributed by atoms with Crippen LogP contribution in [0.2, 0.25) is 0 Å². The first-order valence-electron chi connectivity index (χ1n) is 4.98. The van der Waals surface area contributed by atoms with Crippen molar-refractivity contribution in [1.29, 1.82) is 0 Å². The third-order valence-electron chi connectivity index (χ3n) is 2.34. The number of ether oxygens (including phenoxy) is 1. The standard InChI is InChI=1S/C10H13N3O5/c1-18-8-3-5(2-6(14)10(8)17)9(16)7(15)4-12-13-11/h2-3,7,9,14-17H,4H2,1H3. The second-order valence-corrected chi connectivity index (χ2v) is 3.52. The summed E-state index contributed by atoms with van der Waals surface area (Å²) >= 11 is 0. The monoisotopic (exact) mass is 255 g/mol. The molecule has 0 aromatic heterocycles. The van der Waals surface area contributed by atoms with E-state index in [0.29, 0.717) is 0 Å². The first-order chi connectivity index (χ1) is 8.51. The Morgan fingerprint density at radius 2 is 2.06 bits per heavy atom. The number of hydrogen-bond donors (Lipinski definition) is 4. The van der Waals surface area contributed by atoms with Gasteiger partial charge in [-0.3, -0.25) is 0 Å². The van der Waals surface area contributed by atoms with E-state index in [1.54, 1.807) is 0 Å². The minimum Gasteiger partial charge on any atom is -0.504 e. The predicted octanol–water partition coefficient (Wildman–Crippen LogP) is 0.811. The SMILES string of the molecule is COc1cc(C(O)C(O)CN=[N+]=[N-])cc(O)c1O. The number of aliphatic hydroxyl groups excluding tert-OH is 2. The van der Waals surface area contributed by atoms with E-state index in [1.807, 2.05) is 0 Å². The van der Waals surface area contributed by atoms with Gasteiger partial charge in [0, 0.05) is 4.91 Å². The highest BCUT2D eigenvalue weighted by molar-refractivity contribution is 5.52. The Labute approximate surface area is 102 Å². The summed E-state index contributed by atoms with van der Waals surface area (Å²) in [6.45, 7) is -0.318. The molecule has 0 aliphatic carbocycles. The fraction of sp³-hybridized carbons (Fsp3) is 0.400. The van der Waals surface area contributed by atoms with Crippen LogP contribution in [0.15, 0.2) is 17.2 Å². The van der Waals surface area contributed by atoms with Gasteiger partial charge in [0.1, 0.15) is 6.10 Å². The second kappa shape index (κ2) is 5.97. The Balaban J connectivity index is 3.02. The van der Waals surface area contributed by atoms with Crippen LogP contribution in [0.3, 0.4) is 0 Å². The number of phenols is 2. The van der Waals surface area contributed by atoms with Gasteiger partial charge < -0.3 is 25.2 Å². The molecule has 0 bridgehead atoms. The zero-order valence-corrected chi connectivity index (χ0v) is 9.56. The van der Waals surface area contributed by atoms with Crippen molar-refractivity contribution in [1.82, 2.24) is 0 Å². The fourth-order valence-electron chi connectivity index (χ4n) is 1.38. The third-order valence-corrected chi connectivity index (χ3v) is 2.34. The molecule has 18 heavy (non-hydrogen) atoms. The number of benzene rings is 1. The van der Waals surface area contributed by atoms with E-state index in [1.165, 1.54) is 13.2 Å². The van der Waals surface area contributed by atoms with Gasteiger partial charge in [-0.25, -0.2) is 0 Å². The molecule has 0 spiro atoms. The molecule has 0 fully saturated rings. The Kier molecular flexibility index (Phi) is 4.61. The predicted molar refractivity (Wildman–Crippen MR) is 61.3 cm³/mol. The quantitative estimate of drug-likeness (QED) is 0.267. The van der Waals surface area contributed by atoms with Crippen LogP contribution in [0.25, 0.3) is 10.4 Å². The normalized spacial score (nSPS) is 13.5. The van der Waals surface area contributed by atoms with E-state index >= 15 is 0 Å². The second-order valence-electron chi connectivity index (χ2n) is 3.52. The summed E-state index contributed by atoms with van der Waals surface area (Å²) in [6, 6.07) is 2.35. The molecular formula is C10H13N3O5. The molecule has 0 amide bonds. The topological polar surface area (TPSA) is 139 Å². The van der Waals surface area contributed by atoms with E-state index in [9.17, 15) is 20.4 Å². The first-order valence-corrected chi connectivity index (χ1v) is 4.98. The number of methoxy groups -OCH3 is 1. The van der Waals surface area contributed by atoms with E-state index in [2.05, 4.69) is 10.0 Å². The first kappa shape index (κ1) is 13.9. The van der Waals surface area contributed by atoms with Gasteiger partial charge in [0.25, 0.3) is 0 Å². The van der Waals surface area contributed by atoms with E-state index in [0.717, 1.165) is 6.07 Å².